The molecular formula is C27H38ClN3O2. The van der Waals surface area contributed by atoms with E-state index in [9.17, 15) is 4.79 Å². The standard InChI is InChI=1S/C27H38ClN3O2/c1-5-6-23(25(29-4)33-20-21(2)3)19-30-15-11-27(12-16-30)13-17-31(18-14-27)26(32)22-7-9-24(28)10-8-22/h5-10,21H,1,11-20H2,2-4H3/b23-6-,29-25?. The van der Waals surface area contributed by atoms with Crippen molar-refractivity contribution in [3.05, 3.63) is 59.2 Å². The highest BCUT2D eigenvalue weighted by molar-refractivity contribution is 6.30. The van der Waals surface area contributed by atoms with Crippen LogP contribution >= 0.6 is 11.6 Å². The molecule has 0 aliphatic carbocycles. The van der Waals surface area contributed by atoms with Crippen LogP contribution in [0.25, 0.3) is 0 Å². The van der Waals surface area contributed by atoms with E-state index >= 15 is 0 Å². The topological polar surface area (TPSA) is 45.1 Å². The van der Waals surface area contributed by atoms with Crippen molar-refractivity contribution in [2.24, 2.45) is 16.3 Å². The third kappa shape index (κ3) is 6.94. The predicted molar refractivity (Wildman–Crippen MR) is 137 cm³/mol. The van der Waals surface area contributed by atoms with Crippen LogP contribution in [0.1, 0.15) is 49.9 Å². The van der Waals surface area contributed by atoms with E-state index in [1.165, 1.54) is 12.8 Å². The van der Waals surface area contributed by atoms with E-state index in [1.807, 2.05) is 29.2 Å². The summed E-state index contributed by atoms with van der Waals surface area (Å²) in [4.78, 5) is 21.7. The molecule has 0 bridgehead atoms. The Morgan fingerprint density at radius 3 is 2.30 bits per heavy atom. The first-order chi connectivity index (χ1) is 15.9. The highest BCUT2D eigenvalue weighted by Crippen LogP contribution is 2.41. The number of allylic oxidation sites excluding steroid dienone is 2. The quantitative estimate of drug-likeness (QED) is 0.301. The Labute approximate surface area is 204 Å². The van der Waals surface area contributed by atoms with Gasteiger partial charge in [-0.3, -0.25) is 14.7 Å². The Kier molecular flexibility index (Phi) is 9.16. The van der Waals surface area contributed by atoms with E-state index < -0.39 is 0 Å². The molecule has 3 rings (SSSR count). The molecule has 0 unspecified atom stereocenters. The van der Waals surface area contributed by atoms with Crippen molar-refractivity contribution in [3.8, 4) is 0 Å². The van der Waals surface area contributed by atoms with Gasteiger partial charge in [0.1, 0.15) is 0 Å². The van der Waals surface area contributed by atoms with Crippen molar-refractivity contribution >= 4 is 23.4 Å². The molecular weight excluding hydrogens is 434 g/mol. The first-order valence-electron chi connectivity index (χ1n) is 12.0. The first-order valence-corrected chi connectivity index (χ1v) is 12.4. The molecule has 2 fully saturated rings. The second-order valence-corrected chi connectivity index (χ2v) is 10.2. The van der Waals surface area contributed by atoms with Gasteiger partial charge in [0, 0.05) is 42.8 Å². The van der Waals surface area contributed by atoms with Crippen LogP contribution in [0.3, 0.4) is 0 Å². The summed E-state index contributed by atoms with van der Waals surface area (Å²) in [7, 11) is 1.79. The second-order valence-electron chi connectivity index (χ2n) is 9.74. The number of carbonyl (C=O) groups is 1. The number of benzene rings is 1. The number of nitrogens with zero attached hydrogens (tertiary/aromatic N) is 3. The number of ether oxygens (including phenoxy) is 1. The fourth-order valence-electron chi connectivity index (χ4n) is 4.77. The second kappa shape index (κ2) is 11.8. The van der Waals surface area contributed by atoms with Crippen molar-refractivity contribution in [1.82, 2.24) is 9.80 Å². The Morgan fingerprint density at radius 2 is 1.76 bits per heavy atom. The highest BCUT2D eigenvalue weighted by atomic mass is 35.5. The molecule has 1 amide bonds. The zero-order valence-corrected chi connectivity index (χ0v) is 21.1. The molecule has 0 N–H and O–H groups in total. The summed E-state index contributed by atoms with van der Waals surface area (Å²) in [5, 5.41) is 0.658. The van der Waals surface area contributed by atoms with Crippen molar-refractivity contribution in [2.75, 3.05) is 46.4 Å². The molecule has 33 heavy (non-hydrogen) atoms. The van der Waals surface area contributed by atoms with Gasteiger partial charge in [-0.25, -0.2) is 0 Å². The molecule has 5 nitrogen and oxygen atoms in total. The molecule has 1 aromatic rings. The molecule has 1 aromatic carbocycles. The third-order valence-electron chi connectivity index (χ3n) is 6.86. The van der Waals surface area contributed by atoms with Crippen LogP contribution in [0.4, 0.5) is 0 Å². The number of hydrogen-bond acceptors (Lipinski definition) is 4. The largest absolute Gasteiger partial charge is 0.477 e. The molecule has 0 atom stereocenters. The summed E-state index contributed by atoms with van der Waals surface area (Å²) in [5.41, 5.74) is 2.16. The molecule has 2 aliphatic rings. The van der Waals surface area contributed by atoms with E-state index in [0.717, 1.165) is 62.6 Å². The lowest BCUT2D eigenvalue weighted by Crippen LogP contribution is -2.48. The van der Waals surface area contributed by atoms with Crippen LogP contribution < -0.4 is 0 Å². The lowest BCUT2D eigenvalue weighted by molar-refractivity contribution is 0.0322. The van der Waals surface area contributed by atoms with Crippen LogP contribution in [-0.2, 0) is 4.74 Å². The summed E-state index contributed by atoms with van der Waals surface area (Å²) in [6.45, 7) is 13.4. The van der Waals surface area contributed by atoms with E-state index in [-0.39, 0.29) is 5.91 Å². The summed E-state index contributed by atoms with van der Waals surface area (Å²) < 4.78 is 5.96. The fourth-order valence-corrected chi connectivity index (χ4v) is 4.89. The Morgan fingerprint density at radius 1 is 1.15 bits per heavy atom. The molecule has 1 spiro atoms. The Hall–Kier alpha value is -2.11. The van der Waals surface area contributed by atoms with E-state index in [2.05, 4.69) is 30.3 Å². The Balaban J connectivity index is 1.52. The van der Waals surface area contributed by atoms with Gasteiger partial charge < -0.3 is 9.64 Å². The van der Waals surface area contributed by atoms with Crippen molar-refractivity contribution in [3.63, 3.8) is 0 Å². The summed E-state index contributed by atoms with van der Waals surface area (Å²) in [5.74, 6) is 1.29. The van der Waals surface area contributed by atoms with Crippen LogP contribution in [-0.4, -0.2) is 68.0 Å². The van der Waals surface area contributed by atoms with Gasteiger partial charge in [-0.2, -0.15) is 0 Å². The zero-order chi connectivity index (χ0) is 23.8. The molecule has 0 aromatic heterocycles. The highest BCUT2D eigenvalue weighted by Gasteiger charge is 2.38. The van der Waals surface area contributed by atoms with Crippen LogP contribution in [0.2, 0.25) is 5.02 Å². The Bertz CT molecular complexity index is 858. The van der Waals surface area contributed by atoms with E-state index in [4.69, 9.17) is 16.3 Å². The third-order valence-corrected chi connectivity index (χ3v) is 7.12. The maximum atomic E-state index is 12.8. The van der Waals surface area contributed by atoms with Gasteiger partial charge in [-0.1, -0.05) is 44.2 Å². The minimum Gasteiger partial charge on any atom is -0.477 e. The molecule has 180 valence electrons. The predicted octanol–water partition coefficient (Wildman–Crippen LogP) is 5.47. The minimum atomic E-state index is 0.117. The SMILES string of the molecule is C=C/C=C(/CN1CCC2(CC1)CCN(C(=O)c1ccc(Cl)cc1)CC2)C(=NC)OCC(C)C. The number of halogens is 1. The maximum absolute atomic E-state index is 12.8. The average Bonchev–Trinajstić information content (AvgIpc) is 2.81. The number of likely N-dealkylation sites (tertiary alicyclic amines) is 2. The first kappa shape index (κ1) is 25.5. The van der Waals surface area contributed by atoms with Crippen LogP contribution in [0.15, 0.2) is 53.6 Å². The van der Waals surface area contributed by atoms with Crippen molar-refractivity contribution in [1.29, 1.82) is 0 Å². The minimum absolute atomic E-state index is 0.117. The number of rotatable bonds is 7. The summed E-state index contributed by atoms with van der Waals surface area (Å²) in [6, 6.07) is 7.21. The number of hydrogen-bond donors (Lipinski definition) is 0. The summed E-state index contributed by atoms with van der Waals surface area (Å²) in [6.07, 6.45) is 8.33. The lowest BCUT2D eigenvalue weighted by Gasteiger charge is -2.47. The molecule has 0 radical (unpaired) electrons. The summed E-state index contributed by atoms with van der Waals surface area (Å²) >= 11 is 5.96. The number of carbonyl (C=O) groups excluding carboxylic acids is 1. The van der Waals surface area contributed by atoms with Gasteiger partial charge in [0.15, 0.2) is 0 Å². The maximum Gasteiger partial charge on any atom is 0.253 e. The number of aliphatic imine (C=N–C) groups is 1. The molecule has 6 heteroatoms. The van der Waals surface area contributed by atoms with Crippen LogP contribution in [0, 0.1) is 11.3 Å². The van der Waals surface area contributed by atoms with Gasteiger partial charge in [0.25, 0.3) is 5.91 Å². The van der Waals surface area contributed by atoms with Crippen molar-refractivity contribution < 1.29 is 9.53 Å². The smallest absolute Gasteiger partial charge is 0.253 e. The zero-order valence-electron chi connectivity index (χ0n) is 20.4. The van der Waals surface area contributed by atoms with Gasteiger partial charge in [0.2, 0.25) is 5.90 Å². The molecule has 2 heterocycles. The molecule has 2 aliphatic heterocycles. The molecule has 0 saturated carbocycles. The van der Waals surface area contributed by atoms with Gasteiger partial charge in [0.05, 0.1) is 6.61 Å². The van der Waals surface area contributed by atoms with E-state index in [0.29, 0.717) is 23.0 Å². The van der Waals surface area contributed by atoms with E-state index in [1.54, 1.807) is 19.2 Å². The fraction of sp³-hybridized carbons (Fsp3) is 0.556. The van der Waals surface area contributed by atoms with Gasteiger partial charge in [-0.15, -0.1) is 0 Å². The molecule has 2 saturated heterocycles. The normalized spacial score (nSPS) is 19.7. The van der Waals surface area contributed by atoms with Crippen LogP contribution in [0.5, 0.6) is 0 Å². The van der Waals surface area contributed by atoms with Crippen molar-refractivity contribution in [2.45, 2.75) is 39.5 Å². The van der Waals surface area contributed by atoms with Gasteiger partial charge >= 0.3 is 0 Å². The monoisotopic (exact) mass is 471 g/mol. The number of piperidine rings is 2. The lowest BCUT2D eigenvalue weighted by atomic mass is 9.71. The average molecular weight is 472 g/mol. The van der Waals surface area contributed by atoms with Gasteiger partial charge in [-0.05, 0) is 74.4 Å². The number of amides is 1.